The second kappa shape index (κ2) is 11.9. The zero-order valence-electron chi connectivity index (χ0n) is 15.4. The van der Waals surface area contributed by atoms with Gasteiger partial charge in [0.15, 0.2) is 5.96 Å². The summed E-state index contributed by atoms with van der Waals surface area (Å²) in [5, 5.41) is 6.70. The maximum Gasteiger partial charge on any atom is 0.215 e. The number of aliphatic imine (C=N–C) groups is 1. The average Bonchev–Trinajstić information content (AvgIpc) is 2.58. The van der Waals surface area contributed by atoms with Crippen LogP contribution in [0.1, 0.15) is 39.5 Å². The van der Waals surface area contributed by atoms with E-state index in [4.69, 9.17) is 0 Å². The third kappa shape index (κ3) is 8.21. The average molecular weight is 505 g/mol. The number of halogens is 1. The minimum Gasteiger partial charge on any atom is -0.357 e. The van der Waals surface area contributed by atoms with Gasteiger partial charge in [-0.05, 0) is 38.5 Å². The fraction of sp³-hybridized carbons (Fsp3) is 0.938. The number of guanidine groups is 1. The molecule has 2 fully saturated rings. The summed E-state index contributed by atoms with van der Waals surface area (Å²) in [6.45, 7) is 6.70. The molecule has 0 spiro atoms. The van der Waals surface area contributed by atoms with Crippen molar-refractivity contribution in [2.75, 3.05) is 43.4 Å². The lowest BCUT2D eigenvalue weighted by atomic mass is 9.87. The number of sulfonamides is 1. The first-order valence-electron chi connectivity index (χ1n) is 9.11. The molecule has 1 heterocycles. The molecule has 148 valence electrons. The van der Waals surface area contributed by atoms with Crippen LogP contribution in [-0.4, -0.2) is 68.2 Å². The summed E-state index contributed by atoms with van der Waals surface area (Å²) in [4.78, 5) is 4.49. The molecule has 2 aliphatic rings. The van der Waals surface area contributed by atoms with Gasteiger partial charge in [0.1, 0.15) is 0 Å². The van der Waals surface area contributed by atoms with Crippen LogP contribution in [-0.2, 0) is 10.0 Å². The third-order valence-electron chi connectivity index (χ3n) is 4.68. The molecule has 6 nitrogen and oxygen atoms in total. The second-order valence-electron chi connectivity index (χ2n) is 6.69. The number of thioether (sulfide) groups is 1. The van der Waals surface area contributed by atoms with Crippen LogP contribution in [0.4, 0.5) is 0 Å². The molecular formula is C16H33IN4O2S2. The van der Waals surface area contributed by atoms with Gasteiger partial charge in [-0.1, -0.05) is 6.92 Å². The Labute approximate surface area is 174 Å². The van der Waals surface area contributed by atoms with E-state index in [0.29, 0.717) is 25.7 Å². The minimum absolute atomic E-state index is 0. The number of rotatable bonds is 6. The lowest BCUT2D eigenvalue weighted by Gasteiger charge is -2.28. The summed E-state index contributed by atoms with van der Waals surface area (Å²) in [7, 11) is -3.18. The second-order valence-corrected chi connectivity index (χ2v) is 10.0. The quantitative estimate of drug-likeness (QED) is 0.330. The van der Waals surface area contributed by atoms with E-state index in [1.165, 1.54) is 12.8 Å². The lowest BCUT2D eigenvalue weighted by molar-refractivity contribution is 0.329. The van der Waals surface area contributed by atoms with Crippen LogP contribution >= 0.6 is 35.7 Å². The van der Waals surface area contributed by atoms with Crippen molar-refractivity contribution in [2.45, 2.75) is 45.6 Å². The normalized spacial score (nSPS) is 25.9. The van der Waals surface area contributed by atoms with E-state index in [0.717, 1.165) is 42.8 Å². The van der Waals surface area contributed by atoms with Crippen molar-refractivity contribution in [3.8, 4) is 0 Å². The Bertz CT molecular complexity index is 502. The number of hydrogen-bond donors (Lipinski definition) is 2. The highest BCUT2D eigenvalue weighted by molar-refractivity contribution is 14.0. The van der Waals surface area contributed by atoms with Crippen LogP contribution in [0.25, 0.3) is 0 Å². The Morgan fingerprint density at radius 2 is 1.84 bits per heavy atom. The van der Waals surface area contributed by atoms with Gasteiger partial charge < -0.3 is 10.6 Å². The van der Waals surface area contributed by atoms with Gasteiger partial charge in [0.25, 0.3) is 0 Å². The molecule has 2 rings (SSSR count). The van der Waals surface area contributed by atoms with Gasteiger partial charge in [0.2, 0.25) is 10.0 Å². The fourth-order valence-electron chi connectivity index (χ4n) is 3.14. The number of nitrogens with zero attached hydrogens (tertiary/aromatic N) is 2. The molecule has 1 aliphatic heterocycles. The van der Waals surface area contributed by atoms with Crippen LogP contribution in [0.3, 0.4) is 0 Å². The standard InChI is InChI=1S/C16H32N4O2S2.HI/c1-3-17-16(19-15-6-4-14(2)5-7-15)18-8-13-24(21,22)20-9-11-23-12-10-20;/h14-15H,3-13H2,1-2H3,(H2,17,18,19);1H. The van der Waals surface area contributed by atoms with Crippen LogP contribution in [0.15, 0.2) is 4.99 Å². The first kappa shape index (κ1) is 23.3. The van der Waals surface area contributed by atoms with Crippen molar-refractivity contribution in [1.82, 2.24) is 14.9 Å². The molecule has 0 radical (unpaired) electrons. The monoisotopic (exact) mass is 504 g/mol. The lowest BCUT2D eigenvalue weighted by Crippen LogP contribution is -2.45. The zero-order valence-corrected chi connectivity index (χ0v) is 19.3. The predicted octanol–water partition coefficient (Wildman–Crippen LogP) is 2.12. The Kier molecular flexibility index (Phi) is 11.1. The smallest absolute Gasteiger partial charge is 0.215 e. The molecule has 25 heavy (non-hydrogen) atoms. The van der Waals surface area contributed by atoms with E-state index in [2.05, 4.69) is 22.5 Å². The van der Waals surface area contributed by atoms with Gasteiger partial charge in [-0.25, -0.2) is 12.7 Å². The van der Waals surface area contributed by atoms with Crippen molar-refractivity contribution in [3.63, 3.8) is 0 Å². The zero-order chi connectivity index (χ0) is 17.4. The van der Waals surface area contributed by atoms with Gasteiger partial charge in [-0.15, -0.1) is 24.0 Å². The fourth-order valence-corrected chi connectivity index (χ4v) is 5.60. The molecule has 0 unspecified atom stereocenters. The molecule has 9 heteroatoms. The molecule has 0 amide bonds. The highest BCUT2D eigenvalue weighted by atomic mass is 127. The maximum absolute atomic E-state index is 12.4. The summed E-state index contributed by atoms with van der Waals surface area (Å²) < 4.78 is 26.3. The van der Waals surface area contributed by atoms with E-state index in [-0.39, 0.29) is 29.7 Å². The molecule has 0 atom stereocenters. The van der Waals surface area contributed by atoms with Gasteiger partial charge in [-0.2, -0.15) is 11.8 Å². The Morgan fingerprint density at radius 3 is 2.44 bits per heavy atom. The first-order chi connectivity index (χ1) is 11.5. The van der Waals surface area contributed by atoms with E-state index in [1.807, 2.05) is 18.7 Å². The molecule has 0 aromatic rings. The van der Waals surface area contributed by atoms with E-state index in [1.54, 1.807) is 4.31 Å². The van der Waals surface area contributed by atoms with Crippen molar-refractivity contribution < 1.29 is 8.42 Å². The summed E-state index contributed by atoms with van der Waals surface area (Å²) in [5.41, 5.74) is 0. The summed E-state index contributed by atoms with van der Waals surface area (Å²) in [6.07, 6.45) is 4.82. The summed E-state index contributed by atoms with van der Waals surface area (Å²) in [6, 6.07) is 0.453. The molecule has 0 aromatic carbocycles. The van der Waals surface area contributed by atoms with E-state index < -0.39 is 10.0 Å². The van der Waals surface area contributed by atoms with Crippen molar-refractivity contribution >= 4 is 51.7 Å². The highest BCUT2D eigenvalue weighted by Gasteiger charge is 2.24. The number of hydrogen-bond acceptors (Lipinski definition) is 4. The summed E-state index contributed by atoms with van der Waals surface area (Å²) >= 11 is 1.82. The largest absolute Gasteiger partial charge is 0.357 e. The van der Waals surface area contributed by atoms with Crippen LogP contribution in [0.2, 0.25) is 0 Å². The Hall–Kier alpha value is 0.260. The van der Waals surface area contributed by atoms with Crippen molar-refractivity contribution in [2.24, 2.45) is 10.9 Å². The van der Waals surface area contributed by atoms with Gasteiger partial charge in [0.05, 0.1) is 12.3 Å². The van der Waals surface area contributed by atoms with Crippen LogP contribution in [0, 0.1) is 5.92 Å². The predicted molar refractivity (Wildman–Crippen MR) is 119 cm³/mol. The maximum atomic E-state index is 12.4. The SMILES string of the molecule is CCNC(=NCCS(=O)(=O)N1CCSCC1)NC1CCC(C)CC1.I. The van der Waals surface area contributed by atoms with Crippen molar-refractivity contribution in [3.05, 3.63) is 0 Å². The minimum atomic E-state index is -3.18. The van der Waals surface area contributed by atoms with E-state index >= 15 is 0 Å². The molecular weight excluding hydrogens is 471 g/mol. The van der Waals surface area contributed by atoms with Gasteiger partial charge in [-0.3, -0.25) is 4.99 Å². The molecule has 2 N–H and O–H groups in total. The topological polar surface area (TPSA) is 73.8 Å². The van der Waals surface area contributed by atoms with Gasteiger partial charge >= 0.3 is 0 Å². The molecule has 0 bridgehead atoms. The van der Waals surface area contributed by atoms with Crippen LogP contribution in [0.5, 0.6) is 0 Å². The molecule has 1 saturated carbocycles. The van der Waals surface area contributed by atoms with Crippen LogP contribution < -0.4 is 10.6 Å². The molecule has 1 aliphatic carbocycles. The highest BCUT2D eigenvalue weighted by Crippen LogP contribution is 2.23. The molecule has 0 aromatic heterocycles. The van der Waals surface area contributed by atoms with E-state index in [9.17, 15) is 8.42 Å². The summed E-state index contributed by atoms with van der Waals surface area (Å²) in [5.74, 6) is 3.45. The number of nitrogens with one attached hydrogen (secondary N) is 2. The first-order valence-corrected chi connectivity index (χ1v) is 11.9. The third-order valence-corrected chi connectivity index (χ3v) is 7.48. The van der Waals surface area contributed by atoms with Gasteiger partial charge in [0, 0.05) is 37.2 Å². The molecule has 1 saturated heterocycles. The Balaban J connectivity index is 0.00000312. The van der Waals surface area contributed by atoms with Crippen molar-refractivity contribution in [1.29, 1.82) is 0 Å². The Morgan fingerprint density at radius 1 is 1.20 bits per heavy atom.